The number of rotatable bonds is 35. The maximum absolute atomic E-state index is 11.1. The second-order valence-electron chi connectivity index (χ2n) is 21.4. The van der Waals surface area contributed by atoms with E-state index in [2.05, 4.69) is 39.5 Å². The topological polar surface area (TPSA) is 162 Å². The van der Waals surface area contributed by atoms with Crippen molar-refractivity contribution in [1.29, 1.82) is 0 Å². The lowest BCUT2D eigenvalue weighted by atomic mass is 9.83. The molecule has 8 nitrogen and oxygen atoms in total. The summed E-state index contributed by atoms with van der Waals surface area (Å²) in [4.78, 5) is 0. The first-order valence-electron chi connectivity index (χ1n) is 23.0. The van der Waals surface area contributed by atoms with Gasteiger partial charge in [0.05, 0.1) is 44.8 Å². The van der Waals surface area contributed by atoms with Crippen molar-refractivity contribution >= 4 is 0 Å². The minimum atomic E-state index is -0.891. The standard InChI is InChI=1S/C50H96O8/c1-13-43(5,51)26-15-24-42(4)25-16-28-45(7,53)30-18-32-47(9,55)34-20-36-49(11,57)38-22-40-50(12,58)39-21-37-48(10,56)35-19-33-46(8,54)31-17-29-44(6,52)27-14-23-41(2)3/h13,23-24,51-58H,1,14-22,25-40H2,2-12H3/b42-24+/t43-,44?,45?,46?,47?,48?,49?,50?/m0/s1. The van der Waals surface area contributed by atoms with E-state index < -0.39 is 44.8 Å². The zero-order valence-corrected chi connectivity index (χ0v) is 39.7. The first-order chi connectivity index (χ1) is 26.3. The summed E-state index contributed by atoms with van der Waals surface area (Å²) in [5.41, 5.74) is -4.22. The Labute approximate surface area is 357 Å². The normalized spacial score (nSPS) is 20.9. The van der Waals surface area contributed by atoms with Gasteiger partial charge >= 0.3 is 0 Å². The van der Waals surface area contributed by atoms with E-state index >= 15 is 0 Å². The monoisotopic (exact) mass is 825 g/mol. The minimum Gasteiger partial charge on any atom is -0.390 e. The molecule has 0 radical (unpaired) electrons. The third-order valence-corrected chi connectivity index (χ3v) is 12.7. The smallest absolute Gasteiger partial charge is 0.0800 e. The van der Waals surface area contributed by atoms with Crippen molar-refractivity contribution in [3.63, 3.8) is 0 Å². The van der Waals surface area contributed by atoms with Gasteiger partial charge in [-0.15, -0.1) is 6.58 Å². The number of aliphatic hydroxyl groups is 8. The van der Waals surface area contributed by atoms with Gasteiger partial charge in [0.15, 0.2) is 0 Å². The fraction of sp³-hybridized carbons (Fsp3) is 0.880. The molecule has 0 amide bonds. The van der Waals surface area contributed by atoms with Crippen LogP contribution in [0.2, 0.25) is 0 Å². The number of hydrogen-bond donors (Lipinski definition) is 8. The molecule has 0 bridgehead atoms. The molecule has 0 aromatic carbocycles. The minimum absolute atomic E-state index is 0.558. The van der Waals surface area contributed by atoms with Crippen LogP contribution in [-0.4, -0.2) is 85.7 Å². The molecule has 8 heteroatoms. The Kier molecular flexibility index (Phi) is 25.3. The Hall–Kier alpha value is -1.10. The Morgan fingerprint density at radius 3 is 0.862 bits per heavy atom. The molecule has 0 fully saturated rings. The summed E-state index contributed by atoms with van der Waals surface area (Å²) in [6.45, 7) is 24.6. The van der Waals surface area contributed by atoms with E-state index in [1.807, 2.05) is 48.5 Å². The summed E-state index contributed by atoms with van der Waals surface area (Å²) in [5, 5.41) is 86.9. The van der Waals surface area contributed by atoms with Crippen molar-refractivity contribution in [1.82, 2.24) is 0 Å². The van der Waals surface area contributed by atoms with Crippen LogP contribution in [0, 0.1) is 0 Å². The second-order valence-corrected chi connectivity index (χ2v) is 21.4. The molecule has 0 aliphatic carbocycles. The van der Waals surface area contributed by atoms with Crippen LogP contribution in [-0.2, 0) is 0 Å². The van der Waals surface area contributed by atoms with E-state index in [0.29, 0.717) is 122 Å². The van der Waals surface area contributed by atoms with E-state index in [1.54, 1.807) is 13.0 Å². The Morgan fingerprint density at radius 1 is 0.362 bits per heavy atom. The molecule has 8 N–H and O–H groups in total. The lowest BCUT2D eigenvalue weighted by Crippen LogP contribution is -2.31. The highest BCUT2D eigenvalue weighted by molar-refractivity contribution is 5.01. The van der Waals surface area contributed by atoms with Gasteiger partial charge in [0.25, 0.3) is 0 Å². The quantitative estimate of drug-likeness (QED) is 0.0293. The first kappa shape index (κ1) is 56.9. The fourth-order valence-electron chi connectivity index (χ4n) is 8.21. The van der Waals surface area contributed by atoms with Gasteiger partial charge in [0.2, 0.25) is 0 Å². The van der Waals surface area contributed by atoms with Gasteiger partial charge in [-0.1, -0.05) is 29.4 Å². The zero-order chi connectivity index (χ0) is 45.0. The van der Waals surface area contributed by atoms with Crippen molar-refractivity contribution in [2.45, 2.75) is 281 Å². The van der Waals surface area contributed by atoms with E-state index in [9.17, 15) is 40.9 Å². The number of hydrogen-bond acceptors (Lipinski definition) is 8. The van der Waals surface area contributed by atoms with Crippen LogP contribution in [0.1, 0.15) is 237 Å². The average molecular weight is 825 g/mol. The first-order valence-corrected chi connectivity index (χ1v) is 23.0. The van der Waals surface area contributed by atoms with Crippen LogP contribution in [0.5, 0.6) is 0 Å². The van der Waals surface area contributed by atoms with Gasteiger partial charge in [-0.25, -0.2) is 0 Å². The summed E-state index contributed by atoms with van der Waals surface area (Å²) in [7, 11) is 0. The fourth-order valence-corrected chi connectivity index (χ4v) is 8.21. The maximum Gasteiger partial charge on any atom is 0.0800 e. The molecule has 58 heavy (non-hydrogen) atoms. The molecule has 344 valence electrons. The second kappa shape index (κ2) is 25.7. The van der Waals surface area contributed by atoms with Crippen LogP contribution in [0.15, 0.2) is 36.0 Å². The Balaban J connectivity index is 4.41. The largest absolute Gasteiger partial charge is 0.390 e. The molecule has 0 aromatic rings. The van der Waals surface area contributed by atoms with Crippen LogP contribution in [0.4, 0.5) is 0 Å². The van der Waals surface area contributed by atoms with E-state index in [0.717, 1.165) is 38.5 Å². The van der Waals surface area contributed by atoms with Gasteiger partial charge < -0.3 is 40.9 Å². The van der Waals surface area contributed by atoms with E-state index in [4.69, 9.17) is 0 Å². The zero-order valence-electron chi connectivity index (χ0n) is 39.7. The van der Waals surface area contributed by atoms with E-state index in [1.165, 1.54) is 11.1 Å². The number of allylic oxidation sites excluding steroid dienone is 4. The molecule has 0 aliphatic rings. The Morgan fingerprint density at radius 2 is 0.603 bits per heavy atom. The van der Waals surface area contributed by atoms with Crippen molar-refractivity contribution in [2.75, 3.05) is 0 Å². The maximum atomic E-state index is 11.1. The summed E-state index contributed by atoms with van der Waals surface area (Å²) in [6.07, 6.45) is 22.6. The van der Waals surface area contributed by atoms with Crippen molar-refractivity contribution in [3.05, 3.63) is 36.0 Å². The van der Waals surface area contributed by atoms with Gasteiger partial charge in [-0.3, -0.25) is 0 Å². The van der Waals surface area contributed by atoms with Gasteiger partial charge in [0.1, 0.15) is 0 Å². The third kappa shape index (κ3) is 31.7. The highest BCUT2D eigenvalue weighted by Crippen LogP contribution is 2.32. The van der Waals surface area contributed by atoms with Crippen molar-refractivity contribution in [2.24, 2.45) is 0 Å². The molecule has 7 unspecified atom stereocenters. The molecule has 0 aromatic heterocycles. The highest BCUT2D eigenvalue weighted by Gasteiger charge is 2.30. The molecule has 0 aliphatic heterocycles. The molecule has 8 atom stereocenters. The Bertz CT molecular complexity index is 1180. The molecule has 0 saturated heterocycles. The molecule has 0 spiro atoms. The summed E-state index contributed by atoms with van der Waals surface area (Å²) in [6, 6.07) is 0. The van der Waals surface area contributed by atoms with Crippen molar-refractivity contribution < 1.29 is 40.9 Å². The van der Waals surface area contributed by atoms with Crippen LogP contribution in [0.3, 0.4) is 0 Å². The van der Waals surface area contributed by atoms with Crippen LogP contribution >= 0.6 is 0 Å². The summed E-state index contributed by atoms with van der Waals surface area (Å²) < 4.78 is 0. The molecular formula is C50H96O8. The molecule has 0 rings (SSSR count). The lowest BCUT2D eigenvalue weighted by Gasteiger charge is -2.31. The SMILES string of the molecule is C=C[C@](C)(O)CC/C=C(\C)CCCC(C)(O)CCCC(C)(O)CCCC(C)(O)CCCC(C)(O)CCCC(C)(O)CCCC(C)(O)CCCC(C)(O)CCC=C(C)C. The van der Waals surface area contributed by atoms with Crippen molar-refractivity contribution in [3.8, 4) is 0 Å². The predicted octanol–water partition coefficient (Wildman–Crippen LogP) is 10.8. The summed E-state index contributed by atoms with van der Waals surface area (Å²) >= 11 is 0. The van der Waals surface area contributed by atoms with Gasteiger partial charge in [0, 0.05) is 0 Å². The lowest BCUT2D eigenvalue weighted by molar-refractivity contribution is -0.00814. The molecule has 0 heterocycles. The molecular weight excluding hydrogens is 729 g/mol. The van der Waals surface area contributed by atoms with Gasteiger partial charge in [-0.2, -0.15) is 0 Å². The average Bonchev–Trinajstić information content (AvgIpc) is 3.03. The third-order valence-electron chi connectivity index (χ3n) is 12.7. The van der Waals surface area contributed by atoms with Gasteiger partial charge in [-0.05, 0) is 237 Å². The molecule has 0 saturated carbocycles. The van der Waals surface area contributed by atoms with Crippen LogP contribution in [0.25, 0.3) is 0 Å². The summed E-state index contributed by atoms with van der Waals surface area (Å²) in [5.74, 6) is 0. The highest BCUT2D eigenvalue weighted by atomic mass is 16.3. The van der Waals surface area contributed by atoms with Crippen LogP contribution < -0.4 is 0 Å². The predicted molar refractivity (Wildman–Crippen MR) is 244 cm³/mol. The van der Waals surface area contributed by atoms with E-state index in [-0.39, 0.29) is 0 Å².